The van der Waals surface area contributed by atoms with Crippen molar-refractivity contribution in [2.45, 2.75) is 38.8 Å². The Balaban J connectivity index is 1.62. The molecule has 0 saturated heterocycles. The molecule has 1 aliphatic heterocycles. The number of rotatable bonds is 4. The summed E-state index contributed by atoms with van der Waals surface area (Å²) in [5.41, 5.74) is 2.67. The van der Waals surface area contributed by atoms with Crippen LogP contribution in [0.1, 0.15) is 31.2 Å². The van der Waals surface area contributed by atoms with Crippen LogP contribution in [0.25, 0.3) is 11.7 Å². The molecule has 2 aromatic heterocycles. The Kier molecular flexibility index (Phi) is 3.61. The molecule has 0 fully saturated rings. The van der Waals surface area contributed by atoms with Crippen molar-refractivity contribution in [3.8, 4) is 11.7 Å². The number of para-hydroxylation sites is 1. The van der Waals surface area contributed by atoms with Gasteiger partial charge in [0.25, 0.3) is 5.89 Å². The summed E-state index contributed by atoms with van der Waals surface area (Å²) in [5, 5.41) is 8.28. The summed E-state index contributed by atoms with van der Waals surface area (Å²) in [7, 11) is 0. The Morgan fingerprint density at radius 2 is 2.09 bits per heavy atom. The lowest BCUT2D eigenvalue weighted by molar-refractivity contribution is 0.443. The minimum atomic E-state index is 0.434. The third-order valence-corrected chi connectivity index (χ3v) is 4.46. The van der Waals surface area contributed by atoms with Crippen molar-refractivity contribution in [2.75, 3.05) is 4.90 Å². The van der Waals surface area contributed by atoms with Gasteiger partial charge in [-0.2, -0.15) is 0 Å². The second-order valence-corrected chi connectivity index (χ2v) is 5.84. The molecular formula is C18H19N3O2. The summed E-state index contributed by atoms with van der Waals surface area (Å²) in [6.07, 6.45) is 5.00. The molecule has 23 heavy (non-hydrogen) atoms. The highest BCUT2D eigenvalue weighted by Crippen LogP contribution is 2.33. The highest BCUT2D eigenvalue weighted by Gasteiger charge is 2.26. The van der Waals surface area contributed by atoms with Crippen LogP contribution in [0.5, 0.6) is 0 Å². The maximum Gasteiger partial charge on any atom is 0.283 e. The number of furan rings is 1. The molecule has 4 rings (SSSR count). The van der Waals surface area contributed by atoms with Crippen molar-refractivity contribution in [1.82, 2.24) is 10.2 Å². The van der Waals surface area contributed by atoms with E-state index in [2.05, 4.69) is 46.3 Å². The van der Waals surface area contributed by atoms with Crippen LogP contribution in [0.4, 0.5) is 5.69 Å². The van der Waals surface area contributed by atoms with Crippen LogP contribution in [-0.4, -0.2) is 16.2 Å². The van der Waals surface area contributed by atoms with Gasteiger partial charge in [-0.25, -0.2) is 0 Å². The van der Waals surface area contributed by atoms with E-state index >= 15 is 0 Å². The summed E-state index contributed by atoms with van der Waals surface area (Å²) in [4.78, 5) is 2.39. The molecule has 1 atom stereocenters. The Hall–Kier alpha value is -2.56. The van der Waals surface area contributed by atoms with Gasteiger partial charge in [-0.05, 0) is 43.0 Å². The minimum absolute atomic E-state index is 0.434. The fraction of sp³-hybridized carbons (Fsp3) is 0.333. The minimum Gasteiger partial charge on any atom is -0.459 e. The second-order valence-electron chi connectivity index (χ2n) is 5.84. The van der Waals surface area contributed by atoms with Gasteiger partial charge in [-0.15, -0.1) is 10.2 Å². The average molecular weight is 309 g/mol. The molecule has 5 heteroatoms. The van der Waals surface area contributed by atoms with E-state index in [4.69, 9.17) is 8.83 Å². The lowest BCUT2D eigenvalue weighted by Gasteiger charge is -2.37. The first-order valence-corrected chi connectivity index (χ1v) is 8.06. The van der Waals surface area contributed by atoms with Gasteiger partial charge in [-0.1, -0.05) is 25.1 Å². The fourth-order valence-corrected chi connectivity index (χ4v) is 3.28. The largest absolute Gasteiger partial charge is 0.459 e. The number of fused-ring (bicyclic) bond motifs is 1. The first kappa shape index (κ1) is 14.1. The number of aromatic nitrogens is 2. The van der Waals surface area contributed by atoms with Crippen LogP contribution in [0, 0.1) is 0 Å². The number of nitrogens with zero attached hydrogens (tertiary/aromatic N) is 3. The number of benzene rings is 1. The summed E-state index contributed by atoms with van der Waals surface area (Å²) < 4.78 is 11.1. The van der Waals surface area contributed by atoms with Gasteiger partial charge >= 0.3 is 0 Å². The van der Waals surface area contributed by atoms with Crippen LogP contribution < -0.4 is 4.90 Å². The Bertz CT molecular complexity index is 779. The Morgan fingerprint density at radius 3 is 2.91 bits per heavy atom. The molecular weight excluding hydrogens is 290 g/mol. The van der Waals surface area contributed by atoms with Gasteiger partial charge < -0.3 is 13.7 Å². The van der Waals surface area contributed by atoms with Crippen molar-refractivity contribution >= 4 is 5.69 Å². The van der Waals surface area contributed by atoms with Gasteiger partial charge in [0.05, 0.1) is 12.8 Å². The zero-order valence-electron chi connectivity index (χ0n) is 13.1. The standard InChI is InChI=1S/C18H19N3O2/c1-2-14-10-9-13-6-3-4-7-15(13)21(14)12-17-19-20-18(23-17)16-8-5-11-22-16/h3-8,11,14H,2,9-10,12H2,1H3/t14-/m1/s1. The van der Waals surface area contributed by atoms with Gasteiger partial charge in [0.1, 0.15) is 0 Å². The van der Waals surface area contributed by atoms with Gasteiger partial charge in [0.15, 0.2) is 5.76 Å². The van der Waals surface area contributed by atoms with Gasteiger partial charge in [0.2, 0.25) is 5.89 Å². The van der Waals surface area contributed by atoms with Crippen molar-refractivity contribution in [1.29, 1.82) is 0 Å². The Morgan fingerprint density at radius 1 is 1.17 bits per heavy atom. The van der Waals surface area contributed by atoms with Crippen LogP contribution in [0.3, 0.4) is 0 Å². The van der Waals surface area contributed by atoms with Crippen LogP contribution in [-0.2, 0) is 13.0 Å². The molecule has 0 bridgehead atoms. The lowest BCUT2D eigenvalue weighted by atomic mass is 9.94. The first-order valence-electron chi connectivity index (χ1n) is 8.06. The van der Waals surface area contributed by atoms with E-state index in [-0.39, 0.29) is 0 Å². The van der Waals surface area contributed by atoms with Crippen LogP contribution >= 0.6 is 0 Å². The smallest absolute Gasteiger partial charge is 0.283 e. The summed E-state index contributed by atoms with van der Waals surface area (Å²) in [5.74, 6) is 1.66. The van der Waals surface area contributed by atoms with E-state index in [0.717, 1.165) is 19.3 Å². The number of anilines is 1. The third-order valence-electron chi connectivity index (χ3n) is 4.46. The number of hydrogen-bond donors (Lipinski definition) is 0. The first-order chi connectivity index (χ1) is 11.3. The van der Waals surface area contributed by atoms with Gasteiger partial charge in [0, 0.05) is 11.7 Å². The number of hydrogen-bond acceptors (Lipinski definition) is 5. The molecule has 0 unspecified atom stereocenters. The van der Waals surface area contributed by atoms with E-state index < -0.39 is 0 Å². The monoisotopic (exact) mass is 309 g/mol. The second kappa shape index (κ2) is 5.91. The highest BCUT2D eigenvalue weighted by molar-refractivity contribution is 5.56. The van der Waals surface area contributed by atoms with Crippen LogP contribution in [0.2, 0.25) is 0 Å². The summed E-state index contributed by atoms with van der Waals surface area (Å²) >= 11 is 0. The normalized spacial score (nSPS) is 17.3. The van der Waals surface area contributed by atoms with Crippen molar-refractivity contribution in [3.05, 3.63) is 54.1 Å². The molecule has 3 aromatic rings. The zero-order valence-corrected chi connectivity index (χ0v) is 13.1. The molecule has 1 aromatic carbocycles. The summed E-state index contributed by atoms with van der Waals surface area (Å²) in [6, 6.07) is 12.7. The van der Waals surface area contributed by atoms with Crippen molar-refractivity contribution < 1.29 is 8.83 Å². The molecule has 0 saturated carbocycles. The predicted octanol–water partition coefficient (Wildman–Crippen LogP) is 4.06. The zero-order chi connectivity index (χ0) is 15.6. The van der Waals surface area contributed by atoms with E-state index in [9.17, 15) is 0 Å². The predicted molar refractivity (Wildman–Crippen MR) is 87.0 cm³/mol. The quantitative estimate of drug-likeness (QED) is 0.727. The van der Waals surface area contributed by atoms with Gasteiger partial charge in [-0.3, -0.25) is 0 Å². The SMILES string of the molecule is CC[C@@H]1CCc2ccccc2N1Cc1nnc(-c2ccco2)o1. The molecule has 0 radical (unpaired) electrons. The van der Waals surface area contributed by atoms with E-state index in [1.165, 1.54) is 11.3 Å². The maximum absolute atomic E-state index is 5.78. The van der Waals surface area contributed by atoms with E-state index in [1.54, 1.807) is 6.26 Å². The Labute approximate surface area is 134 Å². The molecule has 1 aliphatic rings. The van der Waals surface area contributed by atoms with Crippen molar-refractivity contribution in [2.24, 2.45) is 0 Å². The highest BCUT2D eigenvalue weighted by atomic mass is 16.4. The molecule has 5 nitrogen and oxygen atoms in total. The molecule has 0 aliphatic carbocycles. The molecule has 118 valence electrons. The fourth-order valence-electron chi connectivity index (χ4n) is 3.28. The summed E-state index contributed by atoms with van der Waals surface area (Å²) in [6.45, 7) is 2.86. The third kappa shape index (κ3) is 2.63. The number of aryl methyl sites for hydroxylation is 1. The van der Waals surface area contributed by atoms with Crippen molar-refractivity contribution in [3.63, 3.8) is 0 Å². The molecule has 0 amide bonds. The lowest BCUT2D eigenvalue weighted by Crippen LogP contribution is -2.38. The average Bonchev–Trinajstić information content (AvgIpc) is 3.26. The molecule has 3 heterocycles. The molecule has 0 spiro atoms. The maximum atomic E-state index is 5.78. The van der Waals surface area contributed by atoms with E-state index in [0.29, 0.717) is 30.1 Å². The topological polar surface area (TPSA) is 55.3 Å². The molecule has 0 N–H and O–H groups in total. The van der Waals surface area contributed by atoms with Crippen LogP contribution in [0.15, 0.2) is 51.5 Å². The van der Waals surface area contributed by atoms with E-state index in [1.807, 2.05) is 12.1 Å².